The number of nitrogens with one attached hydrogen (secondary N) is 1. The summed E-state index contributed by atoms with van der Waals surface area (Å²) in [5.74, 6) is 0.325. The molecule has 1 unspecified atom stereocenters. The number of piperazine rings is 1. The molecule has 0 saturated carbocycles. The highest BCUT2D eigenvalue weighted by Gasteiger charge is 2.25. The predicted molar refractivity (Wildman–Crippen MR) is 101 cm³/mol. The van der Waals surface area contributed by atoms with Gasteiger partial charge in [-0.1, -0.05) is 60.7 Å². The molecule has 2 aromatic carbocycles. The van der Waals surface area contributed by atoms with Crippen molar-refractivity contribution in [1.82, 2.24) is 10.2 Å². The van der Waals surface area contributed by atoms with Crippen molar-refractivity contribution in [3.05, 3.63) is 78.0 Å². The molecule has 1 fully saturated rings. The molecule has 0 radical (unpaired) electrons. The maximum Gasteiger partial charge on any atom is 0.527 e. The third-order valence-electron chi connectivity index (χ3n) is 3.96. The first-order valence-electron chi connectivity index (χ1n) is 8.55. The molecular formula is C19H23N2O4P. The van der Waals surface area contributed by atoms with Gasteiger partial charge in [0.2, 0.25) is 0 Å². The van der Waals surface area contributed by atoms with Gasteiger partial charge in [0, 0.05) is 37.9 Å². The molecule has 0 amide bonds. The van der Waals surface area contributed by atoms with Gasteiger partial charge in [-0.2, -0.15) is 0 Å². The van der Waals surface area contributed by atoms with E-state index in [0.29, 0.717) is 5.76 Å². The lowest BCUT2D eigenvalue weighted by atomic mass is 10.2. The third-order valence-corrected chi connectivity index (χ3v) is 4.84. The Kier molecular flexibility index (Phi) is 6.47. The fourth-order valence-corrected chi connectivity index (χ4v) is 3.38. The second-order valence-corrected chi connectivity index (χ2v) is 7.34. The Morgan fingerprint density at radius 1 is 1.08 bits per heavy atom. The smallest absolute Gasteiger partial charge is 0.402 e. The lowest BCUT2D eigenvalue weighted by Gasteiger charge is -2.27. The first-order valence-corrected chi connectivity index (χ1v) is 10.0. The quantitative estimate of drug-likeness (QED) is 0.573. The van der Waals surface area contributed by atoms with E-state index in [1.54, 1.807) is 6.20 Å². The topological polar surface area (TPSA) is 71.0 Å². The number of phosphoric ester groups is 1. The van der Waals surface area contributed by atoms with Crippen molar-refractivity contribution in [2.24, 2.45) is 0 Å². The second kappa shape index (κ2) is 9.01. The van der Waals surface area contributed by atoms with Crippen molar-refractivity contribution < 1.29 is 18.5 Å². The minimum absolute atomic E-state index is 0.00429. The maximum absolute atomic E-state index is 12.5. The van der Waals surface area contributed by atoms with E-state index in [1.165, 1.54) is 0 Å². The molecule has 1 saturated heterocycles. The summed E-state index contributed by atoms with van der Waals surface area (Å²) >= 11 is 0. The van der Waals surface area contributed by atoms with Crippen molar-refractivity contribution in [3.8, 4) is 0 Å². The van der Waals surface area contributed by atoms with Crippen LogP contribution < -0.4 is 5.32 Å². The lowest BCUT2D eigenvalue weighted by Crippen LogP contribution is -2.40. The standard InChI is InChI=1S/C19H23N2O4P/c22-26(23,24-16-17-7-3-1-4-8-17)25-19(18-9-5-2-6-10-18)15-21-13-11-20-12-14-21/h1-10,15,20H,11-14,16H2,(H,22,23)/b19-15+. The highest BCUT2D eigenvalue weighted by Crippen LogP contribution is 2.48. The first-order chi connectivity index (χ1) is 12.6. The summed E-state index contributed by atoms with van der Waals surface area (Å²) in [7, 11) is -4.26. The molecule has 1 heterocycles. The SMILES string of the molecule is O=P(O)(OCc1ccccc1)O/C(=C/N1CCNCC1)c1ccccc1. The minimum atomic E-state index is -4.26. The van der Waals surface area contributed by atoms with E-state index in [-0.39, 0.29) is 6.61 Å². The molecule has 1 aliphatic rings. The molecule has 2 aromatic rings. The van der Waals surface area contributed by atoms with Crippen LogP contribution in [0.5, 0.6) is 0 Å². The number of rotatable bonds is 7. The molecule has 7 heteroatoms. The Bertz CT molecular complexity index is 762. The number of nitrogens with zero attached hydrogens (tertiary/aromatic N) is 1. The molecule has 2 N–H and O–H groups in total. The van der Waals surface area contributed by atoms with E-state index >= 15 is 0 Å². The van der Waals surface area contributed by atoms with Crippen LogP contribution in [0.4, 0.5) is 0 Å². The van der Waals surface area contributed by atoms with Crippen LogP contribution in [0.3, 0.4) is 0 Å². The predicted octanol–water partition coefficient (Wildman–Crippen LogP) is 3.22. The van der Waals surface area contributed by atoms with Crippen molar-refractivity contribution in [3.63, 3.8) is 0 Å². The Morgan fingerprint density at radius 3 is 2.35 bits per heavy atom. The van der Waals surface area contributed by atoms with Crippen LogP contribution in [0, 0.1) is 0 Å². The Labute approximate surface area is 153 Å². The average molecular weight is 374 g/mol. The van der Waals surface area contributed by atoms with Crippen LogP contribution in [-0.4, -0.2) is 36.0 Å². The summed E-state index contributed by atoms with van der Waals surface area (Å²) in [5, 5.41) is 3.27. The van der Waals surface area contributed by atoms with Gasteiger partial charge in [-0.05, 0) is 5.56 Å². The number of hydrogen-bond donors (Lipinski definition) is 2. The van der Waals surface area contributed by atoms with E-state index in [0.717, 1.165) is 37.3 Å². The Balaban J connectivity index is 1.73. The largest absolute Gasteiger partial charge is 0.527 e. The van der Waals surface area contributed by atoms with E-state index in [1.807, 2.05) is 60.7 Å². The van der Waals surface area contributed by atoms with Crippen molar-refractivity contribution >= 4 is 13.6 Å². The molecule has 138 valence electrons. The summed E-state index contributed by atoms with van der Waals surface area (Å²) in [6.45, 7) is 3.34. The van der Waals surface area contributed by atoms with Gasteiger partial charge in [-0.15, -0.1) is 0 Å². The van der Waals surface area contributed by atoms with E-state index in [9.17, 15) is 9.46 Å². The monoisotopic (exact) mass is 374 g/mol. The number of benzene rings is 2. The van der Waals surface area contributed by atoms with Crippen molar-refractivity contribution in [2.45, 2.75) is 6.61 Å². The molecule has 0 aliphatic carbocycles. The average Bonchev–Trinajstić information content (AvgIpc) is 2.68. The fourth-order valence-electron chi connectivity index (χ4n) is 2.61. The highest BCUT2D eigenvalue weighted by molar-refractivity contribution is 7.47. The number of phosphoric acid groups is 1. The molecule has 0 bridgehead atoms. The van der Waals surface area contributed by atoms with E-state index in [2.05, 4.69) is 10.2 Å². The fraction of sp³-hybridized carbons (Fsp3) is 0.263. The van der Waals surface area contributed by atoms with Crippen LogP contribution in [0.1, 0.15) is 11.1 Å². The van der Waals surface area contributed by atoms with Crippen LogP contribution in [0.2, 0.25) is 0 Å². The van der Waals surface area contributed by atoms with Crippen molar-refractivity contribution in [2.75, 3.05) is 26.2 Å². The van der Waals surface area contributed by atoms with Gasteiger partial charge in [-0.25, -0.2) is 4.57 Å². The first kappa shape index (κ1) is 18.7. The van der Waals surface area contributed by atoms with Gasteiger partial charge in [0.1, 0.15) is 0 Å². The molecule has 0 aromatic heterocycles. The van der Waals surface area contributed by atoms with Crippen molar-refractivity contribution in [1.29, 1.82) is 0 Å². The van der Waals surface area contributed by atoms with E-state index in [4.69, 9.17) is 9.05 Å². The van der Waals surface area contributed by atoms with Gasteiger partial charge >= 0.3 is 7.82 Å². The van der Waals surface area contributed by atoms with Crippen LogP contribution >= 0.6 is 7.82 Å². The van der Waals surface area contributed by atoms with Gasteiger partial charge in [0.15, 0.2) is 5.76 Å². The Morgan fingerprint density at radius 2 is 1.69 bits per heavy atom. The van der Waals surface area contributed by atoms with Gasteiger partial charge in [0.25, 0.3) is 0 Å². The lowest BCUT2D eigenvalue weighted by molar-refractivity contribution is 0.185. The third kappa shape index (κ3) is 5.71. The van der Waals surface area contributed by atoms with Gasteiger partial charge in [-0.3, -0.25) is 9.42 Å². The zero-order valence-corrected chi connectivity index (χ0v) is 15.3. The van der Waals surface area contributed by atoms with Crippen LogP contribution in [0.25, 0.3) is 5.76 Å². The van der Waals surface area contributed by atoms with Gasteiger partial charge < -0.3 is 14.7 Å². The van der Waals surface area contributed by atoms with Gasteiger partial charge in [0.05, 0.1) is 6.61 Å². The second-order valence-electron chi connectivity index (χ2n) is 5.96. The van der Waals surface area contributed by atoms with E-state index < -0.39 is 7.82 Å². The van der Waals surface area contributed by atoms with Crippen LogP contribution in [0.15, 0.2) is 66.9 Å². The molecule has 26 heavy (non-hydrogen) atoms. The molecule has 3 rings (SSSR count). The minimum Gasteiger partial charge on any atom is -0.402 e. The summed E-state index contributed by atoms with van der Waals surface area (Å²) in [5.41, 5.74) is 1.53. The molecule has 6 nitrogen and oxygen atoms in total. The molecular weight excluding hydrogens is 351 g/mol. The van der Waals surface area contributed by atoms with Crippen LogP contribution in [-0.2, 0) is 20.2 Å². The molecule has 1 aliphatic heterocycles. The molecule has 1 atom stereocenters. The number of hydrogen-bond acceptors (Lipinski definition) is 5. The summed E-state index contributed by atoms with van der Waals surface area (Å²) in [4.78, 5) is 12.2. The highest BCUT2D eigenvalue weighted by atomic mass is 31.2. The zero-order chi connectivity index (χ0) is 18.2. The molecule has 0 spiro atoms. The summed E-state index contributed by atoms with van der Waals surface area (Å²) in [6.07, 6.45) is 1.78. The Hall–Kier alpha value is -2.11. The maximum atomic E-state index is 12.5. The zero-order valence-electron chi connectivity index (χ0n) is 14.5. The normalized spacial score (nSPS) is 17.6. The summed E-state index contributed by atoms with van der Waals surface area (Å²) < 4.78 is 23.1. The summed E-state index contributed by atoms with van der Waals surface area (Å²) in [6, 6.07) is 18.5.